The van der Waals surface area contributed by atoms with Gasteiger partial charge in [0.2, 0.25) is 5.89 Å². The predicted octanol–water partition coefficient (Wildman–Crippen LogP) is 3.90. The quantitative estimate of drug-likeness (QED) is 0.930. The van der Waals surface area contributed by atoms with E-state index in [1.165, 1.54) is 11.1 Å². The third kappa shape index (κ3) is 3.21. The van der Waals surface area contributed by atoms with E-state index >= 15 is 0 Å². The van der Waals surface area contributed by atoms with E-state index in [-0.39, 0.29) is 6.04 Å². The first kappa shape index (κ1) is 13.3. The van der Waals surface area contributed by atoms with Gasteiger partial charge in [-0.1, -0.05) is 28.1 Å². The van der Waals surface area contributed by atoms with Crippen LogP contribution in [0.15, 0.2) is 33.3 Å². The smallest absolute Gasteiger partial charge is 0.211 e. The molecule has 0 aliphatic rings. The van der Waals surface area contributed by atoms with Gasteiger partial charge in [0.25, 0.3) is 0 Å². The molecule has 1 aromatic heterocycles. The molecule has 0 spiro atoms. The van der Waals surface area contributed by atoms with Gasteiger partial charge < -0.3 is 9.73 Å². The van der Waals surface area contributed by atoms with E-state index in [1.807, 2.05) is 6.92 Å². The van der Waals surface area contributed by atoms with Crippen LogP contribution < -0.4 is 5.32 Å². The van der Waals surface area contributed by atoms with Crippen LogP contribution in [0.2, 0.25) is 0 Å². The molecule has 18 heavy (non-hydrogen) atoms. The molecule has 96 valence electrons. The van der Waals surface area contributed by atoms with E-state index in [4.69, 9.17) is 4.42 Å². The van der Waals surface area contributed by atoms with E-state index in [0.717, 1.165) is 22.7 Å². The Morgan fingerprint density at radius 1 is 1.39 bits per heavy atom. The number of halogens is 1. The highest BCUT2D eigenvalue weighted by Crippen LogP contribution is 2.18. The molecule has 2 aromatic rings. The lowest BCUT2D eigenvalue weighted by atomic mass is 10.1. The van der Waals surface area contributed by atoms with Crippen molar-refractivity contribution >= 4 is 15.9 Å². The Kier molecular flexibility index (Phi) is 4.19. The fourth-order valence-corrected chi connectivity index (χ4v) is 2.10. The standard InChI is InChI=1S/C14H17BrN2O/c1-9-4-5-12(6-13(9)15)8-16-11(3)14-17-7-10(2)18-14/h4-7,11,16H,8H2,1-3H3. The summed E-state index contributed by atoms with van der Waals surface area (Å²) in [4.78, 5) is 4.22. The molecule has 0 bridgehead atoms. The SMILES string of the molecule is Cc1cnc(C(C)NCc2ccc(C)c(Br)c2)o1. The third-order valence-electron chi connectivity index (χ3n) is 2.86. The van der Waals surface area contributed by atoms with Crippen molar-refractivity contribution in [1.82, 2.24) is 10.3 Å². The van der Waals surface area contributed by atoms with Crippen LogP contribution >= 0.6 is 15.9 Å². The first-order chi connectivity index (χ1) is 8.56. The monoisotopic (exact) mass is 308 g/mol. The highest BCUT2D eigenvalue weighted by molar-refractivity contribution is 9.10. The van der Waals surface area contributed by atoms with Crippen LogP contribution in [0.1, 0.15) is 35.7 Å². The van der Waals surface area contributed by atoms with Crippen LogP contribution in [0.5, 0.6) is 0 Å². The average Bonchev–Trinajstić information content (AvgIpc) is 2.77. The summed E-state index contributed by atoms with van der Waals surface area (Å²) in [6.07, 6.45) is 1.75. The van der Waals surface area contributed by atoms with E-state index in [1.54, 1.807) is 6.20 Å². The van der Waals surface area contributed by atoms with Crippen molar-refractivity contribution in [1.29, 1.82) is 0 Å². The number of rotatable bonds is 4. The molecule has 0 radical (unpaired) electrons. The van der Waals surface area contributed by atoms with Crippen LogP contribution in [-0.4, -0.2) is 4.98 Å². The minimum atomic E-state index is 0.110. The molecule has 0 saturated carbocycles. The molecule has 0 aliphatic heterocycles. The predicted molar refractivity (Wildman–Crippen MR) is 75.4 cm³/mol. The van der Waals surface area contributed by atoms with E-state index < -0.39 is 0 Å². The summed E-state index contributed by atoms with van der Waals surface area (Å²) >= 11 is 3.54. The summed E-state index contributed by atoms with van der Waals surface area (Å²) in [7, 11) is 0. The van der Waals surface area contributed by atoms with E-state index in [2.05, 4.69) is 58.3 Å². The number of aryl methyl sites for hydroxylation is 2. The molecule has 1 heterocycles. The molecule has 0 aliphatic carbocycles. The molecule has 1 N–H and O–H groups in total. The average molecular weight is 309 g/mol. The fourth-order valence-electron chi connectivity index (χ4n) is 1.68. The summed E-state index contributed by atoms with van der Waals surface area (Å²) in [6.45, 7) is 6.83. The van der Waals surface area contributed by atoms with Gasteiger partial charge in [-0.05, 0) is 38.0 Å². The highest BCUT2D eigenvalue weighted by Gasteiger charge is 2.10. The summed E-state index contributed by atoms with van der Waals surface area (Å²) in [6, 6.07) is 6.48. The van der Waals surface area contributed by atoms with Gasteiger partial charge in [-0.25, -0.2) is 4.98 Å². The maximum Gasteiger partial charge on any atom is 0.211 e. The second kappa shape index (κ2) is 5.67. The number of hydrogen-bond acceptors (Lipinski definition) is 3. The zero-order valence-electron chi connectivity index (χ0n) is 10.8. The van der Waals surface area contributed by atoms with Gasteiger partial charge in [0.1, 0.15) is 5.76 Å². The van der Waals surface area contributed by atoms with Crippen molar-refractivity contribution in [2.45, 2.75) is 33.4 Å². The lowest BCUT2D eigenvalue weighted by Crippen LogP contribution is -2.18. The molecular weight excluding hydrogens is 292 g/mol. The molecule has 1 aromatic carbocycles. The van der Waals surface area contributed by atoms with Gasteiger partial charge in [0, 0.05) is 11.0 Å². The summed E-state index contributed by atoms with van der Waals surface area (Å²) in [5.74, 6) is 1.58. The Morgan fingerprint density at radius 3 is 2.78 bits per heavy atom. The van der Waals surface area contributed by atoms with Crippen LogP contribution in [0.3, 0.4) is 0 Å². The highest BCUT2D eigenvalue weighted by atomic mass is 79.9. The Labute approximate surface area is 116 Å². The van der Waals surface area contributed by atoms with Gasteiger partial charge in [-0.15, -0.1) is 0 Å². The van der Waals surface area contributed by atoms with Gasteiger partial charge >= 0.3 is 0 Å². The van der Waals surface area contributed by atoms with E-state index in [9.17, 15) is 0 Å². The molecule has 4 heteroatoms. The van der Waals surface area contributed by atoms with Crippen molar-refractivity contribution in [3.05, 3.63) is 51.6 Å². The molecule has 0 amide bonds. The van der Waals surface area contributed by atoms with Crippen molar-refractivity contribution in [3.8, 4) is 0 Å². The van der Waals surface area contributed by atoms with Gasteiger partial charge in [-0.2, -0.15) is 0 Å². The Balaban J connectivity index is 1.97. The van der Waals surface area contributed by atoms with Crippen molar-refractivity contribution in [2.75, 3.05) is 0 Å². The van der Waals surface area contributed by atoms with Crippen LogP contribution in [0.25, 0.3) is 0 Å². The Bertz CT molecular complexity index is 536. The largest absolute Gasteiger partial charge is 0.444 e. The molecule has 0 fully saturated rings. The molecule has 3 nitrogen and oxygen atoms in total. The first-order valence-electron chi connectivity index (χ1n) is 5.97. The maximum atomic E-state index is 5.49. The van der Waals surface area contributed by atoms with Crippen molar-refractivity contribution in [2.24, 2.45) is 0 Å². The molecule has 1 atom stereocenters. The summed E-state index contributed by atoms with van der Waals surface area (Å²) in [5.41, 5.74) is 2.48. The molecule has 2 rings (SSSR count). The summed E-state index contributed by atoms with van der Waals surface area (Å²) in [5, 5.41) is 3.40. The molecule has 0 saturated heterocycles. The fraction of sp³-hybridized carbons (Fsp3) is 0.357. The Hall–Kier alpha value is -1.13. The second-order valence-corrected chi connectivity index (χ2v) is 5.35. The van der Waals surface area contributed by atoms with Gasteiger partial charge in [-0.3, -0.25) is 0 Å². The van der Waals surface area contributed by atoms with Crippen LogP contribution in [0.4, 0.5) is 0 Å². The zero-order chi connectivity index (χ0) is 13.1. The van der Waals surface area contributed by atoms with Gasteiger partial charge in [0.15, 0.2) is 0 Å². The van der Waals surface area contributed by atoms with E-state index in [0.29, 0.717) is 0 Å². The lowest BCUT2D eigenvalue weighted by molar-refractivity contribution is 0.402. The lowest BCUT2D eigenvalue weighted by Gasteiger charge is -2.11. The van der Waals surface area contributed by atoms with Gasteiger partial charge in [0.05, 0.1) is 12.2 Å². The maximum absolute atomic E-state index is 5.49. The van der Waals surface area contributed by atoms with Crippen LogP contribution in [-0.2, 0) is 6.54 Å². The first-order valence-corrected chi connectivity index (χ1v) is 6.76. The second-order valence-electron chi connectivity index (χ2n) is 4.50. The minimum Gasteiger partial charge on any atom is -0.444 e. The molecule has 1 unspecified atom stereocenters. The zero-order valence-corrected chi connectivity index (χ0v) is 12.4. The minimum absolute atomic E-state index is 0.110. The number of nitrogens with zero attached hydrogens (tertiary/aromatic N) is 1. The summed E-state index contributed by atoms with van der Waals surface area (Å²) < 4.78 is 6.63. The Morgan fingerprint density at radius 2 is 2.17 bits per heavy atom. The van der Waals surface area contributed by atoms with Crippen LogP contribution in [0, 0.1) is 13.8 Å². The molecular formula is C14H17BrN2O. The number of benzene rings is 1. The third-order valence-corrected chi connectivity index (χ3v) is 3.71. The number of oxazole rings is 1. The number of aromatic nitrogens is 1. The normalized spacial score (nSPS) is 12.7. The van der Waals surface area contributed by atoms with Crippen molar-refractivity contribution < 1.29 is 4.42 Å². The number of nitrogens with one attached hydrogen (secondary N) is 1. The van der Waals surface area contributed by atoms with Crippen molar-refractivity contribution in [3.63, 3.8) is 0 Å². The number of hydrogen-bond donors (Lipinski definition) is 1. The topological polar surface area (TPSA) is 38.1 Å².